The number of carbonyl (C=O) groups excluding carboxylic acids is 1. The lowest BCUT2D eigenvalue weighted by Crippen LogP contribution is -2.48. The number of hydrogen-bond donors (Lipinski definition) is 2. The zero-order chi connectivity index (χ0) is 10.7. The van der Waals surface area contributed by atoms with Crippen molar-refractivity contribution >= 4 is 5.91 Å². The molecule has 2 N–H and O–H groups in total. The molecule has 1 heterocycles. The van der Waals surface area contributed by atoms with Gasteiger partial charge in [-0.3, -0.25) is 4.79 Å². The number of rotatable bonds is 2. The highest BCUT2D eigenvalue weighted by Crippen LogP contribution is 2.23. The van der Waals surface area contributed by atoms with Gasteiger partial charge in [0.05, 0.1) is 6.04 Å². The third-order valence-electron chi connectivity index (χ3n) is 3.82. The maximum absolute atomic E-state index is 11.9. The number of nitrogens with one attached hydrogen (secondary N) is 2. The van der Waals surface area contributed by atoms with E-state index in [4.69, 9.17) is 0 Å². The lowest BCUT2D eigenvalue weighted by molar-refractivity contribution is -0.124. The SMILES string of the molecule is C[C@@H]1CCCC[C@@H]1NC(=O)[C@@H]1CCCN1. The molecule has 2 rings (SSSR count). The predicted octanol–water partition coefficient (Wildman–Crippen LogP) is 1.43. The molecule has 0 aromatic rings. The molecule has 3 heteroatoms. The van der Waals surface area contributed by atoms with Gasteiger partial charge < -0.3 is 10.6 Å². The summed E-state index contributed by atoms with van der Waals surface area (Å²) in [6.45, 7) is 3.25. The lowest BCUT2D eigenvalue weighted by Gasteiger charge is -2.30. The summed E-state index contributed by atoms with van der Waals surface area (Å²) in [6.07, 6.45) is 7.18. The first-order chi connectivity index (χ1) is 7.27. The first-order valence-corrected chi connectivity index (χ1v) is 6.31. The summed E-state index contributed by atoms with van der Waals surface area (Å²) in [4.78, 5) is 11.9. The summed E-state index contributed by atoms with van der Waals surface area (Å²) in [5.74, 6) is 0.885. The van der Waals surface area contributed by atoms with E-state index >= 15 is 0 Å². The molecule has 2 fully saturated rings. The number of hydrogen-bond acceptors (Lipinski definition) is 2. The Bertz CT molecular complexity index is 224. The molecule has 0 spiro atoms. The average Bonchev–Trinajstić information content (AvgIpc) is 2.74. The van der Waals surface area contributed by atoms with Gasteiger partial charge in [-0.1, -0.05) is 19.8 Å². The van der Waals surface area contributed by atoms with Crippen molar-refractivity contribution in [2.45, 2.75) is 57.5 Å². The number of amides is 1. The summed E-state index contributed by atoms with van der Waals surface area (Å²) in [6, 6.07) is 0.507. The molecule has 1 aliphatic carbocycles. The van der Waals surface area contributed by atoms with Gasteiger partial charge in [-0.15, -0.1) is 0 Å². The van der Waals surface area contributed by atoms with E-state index in [1.165, 1.54) is 25.7 Å². The molecule has 1 saturated heterocycles. The van der Waals surface area contributed by atoms with Crippen molar-refractivity contribution in [2.24, 2.45) is 5.92 Å². The first kappa shape index (κ1) is 10.9. The zero-order valence-electron chi connectivity index (χ0n) is 9.59. The molecular weight excluding hydrogens is 188 g/mol. The third-order valence-corrected chi connectivity index (χ3v) is 3.82. The third kappa shape index (κ3) is 2.71. The first-order valence-electron chi connectivity index (χ1n) is 6.31. The molecule has 3 atom stereocenters. The van der Waals surface area contributed by atoms with Gasteiger partial charge in [0.15, 0.2) is 0 Å². The second-order valence-corrected chi connectivity index (χ2v) is 5.03. The Labute approximate surface area is 92.0 Å². The monoisotopic (exact) mass is 210 g/mol. The van der Waals surface area contributed by atoms with Crippen LogP contribution < -0.4 is 10.6 Å². The van der Waals surface area contributed by atoms with Crippen molar-refractivity contribution in [3.8, 4) is 0 Å². The smallest absolute Gasteiger partial charge is 0.237 e. The highest BCUT2D eigenvalue weighted by atomic mass is 16.2. The molecular formula is C12H22N2O. The quantitative estimate of drug-likeness (QED) is 0.724. The fourth-order valence-corrected chi connectivity index (χ4v) is 2.72. The minimum absolute atomic E-state index is 0.0825. The molecule has 0 unspecified atom stereocenters. The molecule has 1 amide bonds. The molecule has 1 saturated carbocycles. The van der Waals surface area contributed by atoms with Crippen LogP contribution in [0.2, 0.25) is 0 Å². The highest BCUT2D eigenvalue weighted by Gasteiger charge is 2.27. The van der Waals surface area contributed by atoms with Crippen LogP contribution in [-0.2, 0) is 4.79 Å². The van der Waals surface area contributed by atoms with Crippen molar-refractivity contribution in [2.75, 3.05) is 6.54 Å². The van der Waals surface area contributed by atoms with Crippen molar-refractivity contribution in [1.29, 1.82) is 0 Å². The van der Waals surface area contributed by atoms with E-state index in [0.29, 0.717) is 12.0 Å². The Balaban J connectivity index is 1.81. The fourth-order valence-electron chi connectivity index (χ4n) is 2.72. The van der Waals surface area contributed by atoms with Crippen LogP contribution in [0.4, 0.5) is 0 Å². The van der Waals surface area contributed by atoms with Gasteiger partial charge >= 0.3 is 0 Å². The summed E-state index contributed by atoms with van der Waals surface area (Å²) >= 11 is 0. The molecule has 15 heavy (non-hydrogen) atoms. The summed E-state index contributed by atoms with van der Waals surface area (Å²) in [5.41, 5.74) is 0. The van der Waals surface area contributed by atoms with Crippen LogP contribution in [0.5, 0.6) is 0 Å². The van der Waals surface area contributed by atoms with E-state index in [0.717, 1.165) is 19.4 Å². The van der Waals surface area contributed by atoms with Crippen molar-refractivity contribution < 1.29 is 4.79 Å². The summed E-state index contributed by atoms with van der Waals surface area (Å²) < 4.78 is 0. The minimum Gasteiger partial charge on any atom is -0.352 e. The van der Waals surface area contributed by atoms with Gasteiger partial charge in [0.1, 0.15) is 0 Å². The van der Waals surface area contributed by atoms with Gasteiger partial charge in [-0.25, -0.2) is 0 Å². The Morgan fingerprint density at radius 2 is 2.00 bits per heavy atom. The van der Waals surface area contributed by atoms with Crippen LogP contribution >= 0.6 is 0 Å². The van der Waals surface area contributed by atoms with Crippen LogP contribution in [-0.4, -0.2) is 24.5 Å². The Hall–Kier alpha value is -0.570. The van der Waals surface area contributed by atoms with Crippen LogP contribution in [0.15, 0.2) is 0 Å². The standard InChI is InChI=1S/C12H22N2O/c1-9-5-2-3-6-10(9)14-12(15)11-7-4-8-13-11/h9-11,13H,2-8H2,1H3,(H,14,15)/t9-,10+,11+/m1/s1. The lowest BCUT2D eigenvalue weighted by atomic mass is 9.86. The Kier molecular flexibility index (Phi) is 3.62. The van der Waals surface area contributed by atoms with E-state index < -0.39 is 0 Å². The van der Waals surface area contributed by atoms with Crippen LogP contribution in [0, 0.1) is 5.92 Å². The van der Waals surface area contributed by atoms with E-state index in [1.54, 1.807) is 0 Å². The molecule has 1 aliphatic heterocycles. The summed E-state index contributed by atoms with van der Waals surface area (Å²) in [7, 11) is 0. The molecule has 0 bridgehead atoms. The second kappa shape index (κ2) is 4.97. The maximum atomic E-state index is 11.9. The predicted molar refractivity (Wildman–Crippen MR) is 60.6 cm³/mol. The molecule has 0 radical (unpaired) electrons. The van der Waals surface area contributed by atoms with E-state index in [1.807, 2.05) is 0 Å². The van der Waals surface area contributed by atoms with Crippen molar-refractivity contribution in [3.63, 3.8) is 0 Å². The van der Waals surface area contributed by atoms with E-state index in [2.05, 4.69) is 17.6 Å². The van der Waals surface area contributed by atoms with Gasteiger partial charge in [0.25, 0.3) is 0 Å². The minimum atomic E-state index is 0.0825. The Morgan fingerprint density at radius 1 is 1.20 bits per heavy atom. The topological polar surface area (TPSA) is 41.1 Å². The highest BCUT2D eigenvalue weighted by molar-refractivity contribution is 5.82. The molecule has 0 aromatic heterocycles. The normalized spacial score (nSPS) is 36.5. The zero-order valence-corrected chi connectivity index (χ0v) is 9.59. The van der Waals surface area contributed by atoms with Crippen molar-refractivity contribution in [3.05, 3.63) is 0 Å². The molecule has 2 aliphatic rings. The second-order valence-electron chi connectivity index (χ2n) is 5.03. The van der Waals surface area contributed by atoms with Gasteiger partial charge in [0.2, 0.25) is 5.91 Å². The van der Waals surface area contributed by atoms with Crippen LogP contribution in [0.3, 0.4) is 0 Å². The van der Waals surface area contributed by atoms with Crippen molar-refractivity contribution in [1.82, 2.24) is 10.6 Å². The largest absolute Gasteiger partial charge is 0.352 e. The van der Waals surface area contributed by atoms with Gasteiger partial charge in [-0.2, -0.15) is 0 Å². The van der Waals surface area contributed by atoms with Gasteiger partial charge in [-0.05, 0) is 38.1 Å². The van der Waals surface area contributed by atoms with Crippen LogP contribution in [0.25, 0.3) is 0 Å². The number of carbonyl (C=O) groups is 1. The van der Waals surface area contributed by atoms with Crippen LogP contribution in [0.1, 0.15) is 45.4 Å². The maximum Gasteiger partial charge on any atom is 0.237 e. The molecule has 3 nitrogen and oxygen atoms in total. The molecule has 86 valence electrons. The summed E-state index contributed by atoms with van der Waals surface area (Å²) in [5, 5.41) is 6.46. The molecule has 0 aromatic carbocycles. The van der Waals surface area contributed by atoms with E-state index in [-0.39, 0.29) is 11.9 Å². The van der Waals surface area contributed by atoms with Gasteiger partial charge in [0, 0.05) is 6.04 Å². The fraction of sp³-hybridized carbons (Fsp3) is 0.917. The average molecular weight is 210 g/mol. The Morgan fingerprint density at radius 3 is 2.67 bits per heavy atom. The van der Waals surface area contributed by atoms with E-state index in [9.17, 15) is 4.79 Å².